The van der Waals surface area contributed by atoms with Crippen molar-refractivity contribution in [2.75, 3.05) is 18.9 Å². The first-order chi connectivity index (χ1) is 13.6. The normalized spacial score (nSPS) is 11.2. The molecule has 0 bridgehead atoms. The Morgan fingerprint density at radius 2 is 1.50 bits per heavy atom. The number of rotatable bonds is 5. The van der Waals surface area contributed by atoms with Crippen LogP contribution in [0.25, 0.3) is 21.5 Å². The number of carbonyl (C=O) groups is 1. The van der Waals surface area contributed by atoms with E-state index < -0.39 is 0 Å². The van der Waals surface area contributed by atoms with Gasteiger partial charge in [0.1, 0.15) is 5.75 Å². The summed E-state index contributed by atoms with van der Waals surface area (Å²) in [4.78, 5) is 14.5. The summed E-state index contributed by atoms with van der Waals surface area (Å²) in [6, 6.07) is 25.4. The van der Waals surface area contributed by atoms with Crippen LogP contribution in [0.4, 0.5) is 5.69 Å². The predicted octanol–water partition coefficient (Wildman–Crippen LogP) is 4.77. The minimum absolute atomic E-state index is 0.0846. The van der Waals surface area contributed by atoms with Gasteiger partial charge in [0.15, 0.2) is 0 Å². The standard InChI is InChI=1S/C24H22N2O2/c1-26(15-21-19-10-4-2-8-18(19)13-14-23(21)27)16-24(28)25-22-12-6-9-17-7-3-5-11-20(17)22/h2-14,27H,15-16H2,1H3,(H,25,28). The van der Waals surface area contributed by atoms with Gasteiger partial charge in [-0.3, -0.25) is 9.69 Å². The topological polar surface area (TPSA) is 52.6 Å². The molecule has 4 aromatic carbocycles. The molecule has 0 aliphatic heterocycles. The van der Waals surface area contributed by atoms with Crippen LogP contribution < -0.4 is 5.32 Å². The number of hydrogen-bond donors (Lipinski definition) is 2. The molecular weight excluding hydrogens is 348 g/mol. The monoisotopic (exact) mass is 370 g/mol. The number of nitrogens with one attached hydrogen (secondary N) is 1. The molecule has 0 atom stereocenters. The number of likely N-dealkylation sites (N-methyl/N-ethyl adjacent to an activating group) is 1. The first kappa shape index (κ1) is 18.0. The zero-order chi connectivity index (χ0) is 19.5. The molecular formula is C24H22N2O2. The molecule has 0 fully saturated rings. The fourth-order valence-corrected chi connectivity index (χ4v) is 3.59. The Kier molecular flexibility index (Phi) is 4.96. The van der Waals surface area contributed by atoms with Crippen LogP contribution in [0.1, 0.15) is 5.56 Å². The highest BCUT2D eigenvalue weighted by Crippen LogP contribution is 2.28. The lowest BCUT2D eigenvalue weighted by Gasteiger charge is -2.19. The summed E-state index contributed by atoms with van der Waals surface area (Å²) in [7, 11) is 1.88. The number of carbonyl (C=O) groups excluding carboxylic acids is 1. The number of benzene rings is 4. The third kappa shape index (κ3) is 3.68. The van der Waals surface area contributed by atoms with Gasteiger partial charge < -0.3 is 10.4 Å². The van der Waals surface area contributed by atoms with Gasteiger partial charge in [-0.05, 0) is 35.3 Å². The Morgan fingerprint density at radius 1 is 0.857 bits per heavy atom. The molecule has 0 radical (unpaired) electrons. The molecule has 4 aromatic rings. The second-order valence-corrected chi connectivity index (χ2v) is 7.03. The van der Waals surface area contributed by atoms with E-state index in [1.165, 1.54) is 0 Å². The summed E-state index contributed by atoms with van der Waals surface area (Å²) in [6.45, 7) is 0.710. The summed E-state index contributed by atoms with van der Waals surface area (Å²) in [5.41, 5.74) is 1.64. The third-order valence-corrected chi connectivity index (χ3v) is 4.92. The highest BCUT2D eigenvalue weighted by molar-refractivity contribution is 6.02. The van der Waals surface area contributed by atoms with E-state index in [9.17, 15) is 9.90 Å². The van der Waals surface area contributed by atoms with Crippen molar-refractivity contribution in [1.29, 1.82) is 0 Å². The van der Waals surface area contributed by atoms with E-state index in [2.05, 4.69) is 5.32 Å². The van der Waals surface area contributed by atoms with E-state index in [0.717, 1.165) is 32.8 Å². The quantitative estimate of drug-likeness (QED) is 0.532. The van der Waals surface area contributed by atoms with Crippen LogP contribution >= 0.6 is 0 Å². The van der Waals surface area contributed by atoms with Crippen LogP contribution in [-0.2, 0) is 11.3 Å². The molecule has 4 rings (SSSR count). The van der Waals surface area contributed by atoms with E-state index in [4.69, 9.17) is 0 Å². The van der Waals surface area contributed by atoms with Crippen molar-refractivity contribution in [3.05, 3.63) is 84.4 Å². The number of phenolic OH excluding ortho intramolecular Hbond substituents is 1. The van der Waals surface area contributed by atoms with Crippen molar-refractivity contribution < 1.29 is 9.90 Å². The van der Waals surface area contributed by atoms with E-state index in [1.54, 1.807) is 6.07 Å². The molecule has 0 aliphatic carbocycles. The SMILES string of the molecule is CN(CC(=O)Nc1cccc2ccccc12)Cc1c(O)ccc2ccccc12. The van der Waals surface area contributed by atoms with Crippen molar-refractivity contribution in [3.8, 4) is 5.75 Å². The molecule has 0 aliphatic rings. The van der Waals surface area contributed by atoms with E-state index >= 15 is 0 Å². The van der Waals surface area contributed by atoms with Gasteiger partial charge >= 0.3 is 0 Å². The van der Waals surface area contributed by atoms with Crippen LogP contribution in [-0.4, -0.2) is 29.5 Å². The van der Waals surface area contributed by atoms with E-state index in [1.807, 2.05) is 84.7 Å². The van der Waals surface area contributed by atoms with Crippen LogP contribution in [0.15, 0.2) is 78.9 Å². The molecule has 0 spiro atoms. The smallest absolute Gasteiger partial charge is 0.238 e. The Balaban J connectivity index is 1.49. The van der Waals surface area contributed by atoms with Gasteiger partial charge in [0.2, 0.25) is 5.91 Å². The number of fused-ring (bicyclic) bond motifs is 2. The average Bonchev–Trinajstić information content (AvgIpc) is 2.70. The fourth-order valence-electron chi connectivity index (χ4n) is 3.59. The zero-order valence-electron chi connectivity index (χ0n) is 15.7. The maximum Gasteiger partial charge on any atom is 0.238 e. The third-order valence-electron chi connectivity index (χ3n) is 4.92. The van der Waals surface area contributed by atoms with Crippen molar-refractivity contribution in [2.24, 2.45) is 0 Å². The van der Waals surface area contributed by atoms with Gasteiger partial charge in [0.05, 0.1) is 6.54 Å². The Bertz CT molecular complexity index is 1150. The summed E-state index contributed by atoms with van der Waals surface area (Å²) < 4.78 is 0. The van der Waals surface area contributed by atoms with Crippen LogP contribution in [0, 0.1) is 0 Å². The Labute approximate surface area is 164 Å². The average molecular weight is 370 g/mol. The van der Waals surface area contributed by atoms with Crippen molar-refractivity contribution >= 4 is 33.1 Å². The van der Waals surface area contributed by atoms with Gasteiger partial charge in [-0.2, -0.15) is 0 Å². The second-order valence-electron chi connectivity index (χ2n) is 7.03. The number of anilines is 1. The molecule has 0 heterocycles. The van der Waals surface area contributed by atoms with Gasteiger partial charge in [-0.15, -0.1) is 0 Å². The lowest BCUT2D eigenvalue weighted by molar-refractivity contribution is -0.117. The maximum atomic E-state index is 12.6. The van der Waals surface area contributed by atoms with Crippen molar-refractivity contribution in [2.45, 2.75) is 6.54 Å². The molecule has 0 unspecified atom stereocenters. The number of amides is 1. The van der Waals surface area contributed by atoms with Gasteiger partial charge in [-0.1, -0.05) is 66.7 Å². The summed E-state index contributed by atoms with van der Waals surface area (Å²) >= 11 is 0. The van der Waals surface area contributed by atoms with Crippen molar-refractivity contribution in [3.63, 3.8) is 0 Å². The number of nitrogens with zero attached hydrogens (tertiary/aromatic N) is 1. The molecule has 4 nitrogen and oxygen atoms in total. The van der Waals surface area contributed by atoms with Gasteiger partial charge in [0.25, 0.3) is 0 Å². The van der Waals surface area contributed by atoms with E-state index in [0.29, 0.717) is 6.54 Å². The van der Waals surface area contributed by atoms with Crippen molar-refractivity contribution in [1.82, 2.24) is 4.90 Å². The fraction of sp³-hybridized carbons (Fsp3) is 0.125. The second kappa shape index (κ2) is 7.71. The number of phenols is 1. The molecule has 0 saturated carbocycles. The van der Waals surface area contributed by atoms with Crippen LogP contribution in [0.5, 0.6) is 5.75 Å². The minimum atomic E-state index is -0.0846. The number of aromatic hydroxyl groups is 1. The van der Waals surface area contributed by atoms with Gasteiger partial charge in [0, 0.05) is 23.2 Å². The van der Waals surface area contributed by atoms with Crippen LogP contribution in [0.3, 0.4) is 0 Å². The molecule has 140 valence electrons. The van der Waals surface area contributed by atoms with Crippen LogP contribution in [0.2, 0.25) is 0 Å². The maximum absolute atomic E-state index is 12.6. The first-order valence-corrected chi connectivity index (χ1v) is 9.27. The summed E-state index contributed by atoms with van der Waals surface area (Å²) in [6.07, 6.45) is 0. The summed E-state index contributed by atoms with van der Waals surface area (Å²) in [5.74, 6) is 0.165. The number of hydrogen-bond acceptors (Lipinski definition) is 3. The first-order valence-electron chi connectivity index (χ1n) is 9.27. The molecule has 0 saturated heterocycles. The minimum Gasteiger partial charge on any atom is -0.508 e. The predicted molar refractivity (Wildman–Crippen MR) is 115 cm³/mol. The van der Waals surface area contributed by atoms with Gasteiger partial charge in [-0.25, -0.2) is 0 Å². The lowest BCUT2D eigenvalue weighted by atomic mass is 10.0. The molecule has 0 aromatic heterocycles. The van der Waals surface area contributed by atoms with E-state index in [-0.39, 0.29) is 18.2 Å². The molecule has 1 amide bonds. The Hall–Kier alpha value is -3.37. The highest BCUT2D eigenvalue weighted by Gasteiger charge is 2.13. The molecule has 4 heteroatoms. The molecule has 28 heavy (non-hydrogen) atoms. The Morgan fingerprint density at radius 3 is 2.29 bits per heavy atom. The highest BCUT2D eigenvalue weighted by atomic mass is 16.3. The lowest BCUT2D eigenvalue weighted by Crippen LogP contribution is -2.30. The molecule has 2 N–H and O–H groups in total. The summed E-state index contributed by atoms with van der Waals surface area (Å²) in [5, 5.41) is 17.5. The largest absolute Gasteiger partial charge is 0.508 e. The zero-order valence-corrected chi connectivity index (χ0v) is 15.7.